The summed E-state index contributed by atoms with van der Waals surface area (Å²) in [6.45, 7) is 4.51. The predicted molar refractivity (Wildman–Crippen MR) is 94.9 cm³/mol. The highest BCUT2D eigenvalue weighted by atomic mass is 16.3. The van der Waals surface area contributed by atoms with Crippen LogP contribution in [0, 0.1) is 0 Å². The number of benzene rings is 3. The number of fused-ring (bicyclic) bond motifs is 2. The molecule has 1 heterocycles. The number of phenols is 1. The fraction of sp³-hybridized carbons (Fsp3) is 0.143. The molecule has 4 rings (SSSR count). The quantitative estimate of drug-likeness (QED) is 0.641. The van der Waals surface area contributed by atoms with Crippen LogP contribution in [0.15, 0.2) is 72.8 Å². The maximum absolute atomic E-state index is 10.4. The van der Waals surface area contributed by atoms with Gasteiger partial charge in [-0.3, -0.25) is 0 Å². The Bertz CT molecular complexity index is 833. The Labute approximate surface area is 136 Å². The summed E-state index contributed by atoms with van der Waals surface area (Å²) in [5.41, 5.74) is 5.51. The van der Waals surface area contributed by atoms with Crippen molar-refractivity contribution in [1.29, 1.82) is 0 Å². The molecular weight excluding hydrogens is 282 g/mol. The Balaban J connectivity index is 2.07. The molecule has 0 saturated heterocycles. The summed E-state index contributed by atoms with van der Waals surface area (Å²) < 4.78 is 0. The Morgan fingerprint density at radius 1 is 0.652 bits per heavy atom. The van der Waals surface area contributed by atoms with Gasteiger partial charge in [0.05, 0.1) is 17.1 Å². The van der Waals surface area contributed by atoms with Crippen LogP contribution in [-0.2, 0) is 5.41 Å². The summed E-state index contributed by atoms with van der Waals surface area (Å²) in [6, 6.07) is 24.4. The van der Waals surface area contributed by atoms with E-state index in [4.69, 9.17) is 0 Å². The highest BCUT2D eigenvalue weighted by molar-refractivity contribution is 5.87. The molecule has 2 nitrogen and oxygen atoms in total. The van der Waals surface area contributed by atoms with Gasteiger partial charge < -0.3 is 10.0 Å². The number of aromatic hydroxyl groups is 1. The summed E-state index contributed by atoms with van der Waals surface area (Å²) in [5.74, 6) is 0.289. The van der Waals surface area contributed by atoms with Crippen LogP contribution in [-0.4, -0.2) is 5.11 Å². The van der Waals surface area contributed by atoms with Crippen LogP contribution in [0.1, 0.15) is 25.0 Å². The van der Waals surface area contributed by atoms with Gasteiger partial charge in [-0.05, 0) is 35.4 Å². The highest BCUT2D eigenvalue weighted by Crippen LogP contribution is 2.52. The van der Waals surface area contributed by atoms with E-state index >= 15 is 0 Å². The van der Waals surface area contributed by atoms with Crippen LogP contribution in [0.5, 0.6) is 5.75 Å². The zero-order valence-corrected chi connectivity index (χ0v) is 13.3. The van der Waals surface area contributed by atoms with Gasteiger partial charge in [0, 0.05) is 5.41 Å². The van der Waals surface area contributed by atoms with Crippen LogP contribution in [0.25, 0.3) is 0 Å². The second kappa shape index (κ2) is 4.88. The third-order valence-electron chi connectivity index (χ3n) is 4.76. The van der Waals surface area contributed by atoms with Gasteiger partial charge >= 0.3 is 0 Å². The topological polar surface area (TPSA) is 23.5 Å². The van der Waals surface area contributed by atoms with Gasteiger partial charge in [-0.25, -0.2) is 0 Å². The fourth-order valence-electron chi connectivity index (χ4n) is 3.58. The maximum atomic E-state index is 10.4. The molecule has 0 radical (unpaired) electrons. The first-order chi connectivity index (χ1) is 11.1. The van der Waals surface area contributed by atoms with E-state index in [1.165, 1.54) is 11.1 Å². The molecule has 0 unspecified atom stereocenters. The lowest BCUT2D eigenvalue weighted by Crippen LogP contribution is -2.30. The number of anilines is 3. The molecule has 0 spiro atoms. The van der Waals surface area contributed by atoms with E-state index in [0.717, 1.165) is 17.1 Å². The average molecular weight is 301 g/mol. The van der Waals surface area contributed by atoms with Crippen molar-refractivity contribution >= 4 is 17.1 Å². The van der Waals surface area contributed by atoms with Crippen molar-refractivity contribution in [3.63, 3.8) is 0 Å². The highest BCUT2D eigenvalue weighted by Gasteiger charge is 2.36. The number of nitrogens with zero attached hydrogens (tertiary/aromatic N) is 1. The van der Waals surface area contributed by atoms with Crippen molar-refractivity contribution in [2.45, 2.75) is 19.3 Å². The molecule has 0 atom stereocenters. The molecule has 0 amide bonds. The van der Waals surface area contributed by atoms with E-state index in [9.17, 15) is 5.11 Å². The summed E-state index contributed by atoms with van der Waals surface area (Å²) in [4.78, 5) is 2.16. The lowest BCUT2D eigenvalue weighted by molar-refractivity contribution is 0.476. The van der Waals surface area contributed by atoms with E-state index in [0.29, 0.717) is 0 Å². The van der Waals surface area contributed by atoms with Gasteiger partial charge in [0.25, 0.3) is 0 Å². The number of phenolic OH excluding ortho intramolecular Hbond substituents is 1. The van der Waals surface area contributed by atoms with E-state index in [1.54, 1.807) is 6.07 Å². The molecule has 114 valence electrons. The first-order valence-electron chi connectivity index (χ1n) is 7.88. The number of rotatable bonds is 1. The molecule has 1 aliphatic rings. The monoisotopic (exact) mass is 301 g/mol. The van der Waals surface area contributed by atoms with Crippen molar-refractivity contribution in [1.82, 2.24) is 0 Å². The van der Waals surface area contributed by atoms with E-state index in [-0.39, 0.29) is 11.2 Å². The maximum Gasteiger partial charge on any atom is 0.139 e. The fourth-order valence-corrected chi connectivity index (χ4v) is 3.58. The third-order valence-corrected chi connectivity index (χ3v) is 4.76. The molecule has 0 fully saturated rings. The molecule has 3 aromatic rings. The zero-order valence-electron chi connectivity index (χ0n) is 13.3. The minimum absolute atomic E-state index is 0.0753. The van der Waals surface area contributed by atoms with Gasteiger partial charge in [-0.2, -0.15) is 0 Å². The predicted octanol–water partition coefficient (Wildman–Crippen LogP) is 5.50. The Hall–Kier alpha value is -2.74. The van der Waals surface area contributed by atoms with Gasteiger partial charge in [-0.1, -0.05) is 62.4 Å². The summed E-state index contributed by atoms with van der Waals surface area (Å²) in [7, 11) is 0. The molecule has 0 saturated carbocycles. The molecule has 1 N–H and O–H groups in total. The second-order valence-corrected chi connectivity index (χ2v) is 6.48. The molecule has 2 heteroatoms. The molecule has 23 heavy (non-hydrogen) atoms. The third kappa shape index (κ3) is 1.95. The van der Waals surface area contributed by atoms with Crippen LogP contribution < -0.4 is 4.90 Å². The standard InChI is InChI=1S/C21H19NO/c1-21(2)15-9-3-5-11-17(15)22(18-12-6-4-10-16(18)21)19-13-7-8-14-20(19)23/h3-14,23H,1-2H3. The summed E-state index contributed by atoms with van der Waals surface area (Å²) in [5, 5.41) is 10.4. The number of hydrogen-bond donors (Lipinski definition) is 1. The van der Waals surface area contributed by atoms with Crippen LogP contribution >= 0.6 is 0 Å². The molecular formula is C21H19NO. The Morgan fingerprint density at radius 3 is 1.61 bits per heavy atom. The molecule has 0 bridgehead atoms. The van der Waals surface area contributed by atoms with Gasteiger partial charge in [0.1, 0.15) is 5.75 Å². The number of para-hydroxylation sites is 4. The van der Waals surface area contributed by atoms with Gasteiger partial charge in [0.2, 0.25) is 0 Å². The second-order valence-electron chi connectivity index (χ2n) is 6.48. The van der Waals surface area contributed by atoms with Crippen LogP contribution in [0.3, 0.4) is 0 Å². The number of hydrogen-bond acceptors (Lipinski definition) is 2. The van der Waals surface area contributed by atoms with Crippen LogP contribution in [0.4, 0.5) is 17.1 Å². The van der Waals surface area contributed by atoms with Crippen LogP contribution in [0.2, 0.25) is 0 Å². The lowest BCUT2D eigenvalue weighted by atomic mass is 9.73. The van der Waals surface area contributed by atoms with Crippen molar-refractivity contribution in [2.24, 2.45) is 0 Å². The van der Waals surface area contributed by atoms with E-state index < -0.39 is 0 Å². The van der Waals surface area contributed by atoms with Crippen molar-refractivity contribution in [2.75, 3.05) is 4.90 Å². The van der Waals surface area contributed by atoms with Crippen molar-refractivity contribution in [3.8, 4) is 5.75 Å². The molecule has 1 aliphatic heterocycles. The SMILES string of the molecule is CC1(C)c2ccccc2N(c2ccccc2O)c2ccccc21. The molecule has 0 aromatic heterocycles. The largest absolute Gasteiger partial charge is 0.506 e. The average Bonchev–Trinajstić information content (AvgIpc) is 2.57. The Morgan fingerprint density at radius 2 is 1.09 bits per heavy atom. The van der Waals surface area contributed by atoms with E-state index in [2.05, 4.69) is 67.3 Å². The summed E-state index contributed by atoms with van der Waals surface area (Å²) >= 11 is 0. The van der Waals surface area contributed by atoms with Gasteiger partial charge in [-0.15, -0.1) is 0 Å². The summed E-state index contributed by atoms with van der Waals surface area (Å²) in [6.07, 6.45) is 0. The lowest BCUT2D eigenvalue weighted by Gasteiger charge is -2.42. The van der Waals surface area contributed by atoms with E-state index in [1.807, 2.05) is 18.2 Å². The van der Waals surface area contributed by atoms with Crippen molar-refractivity contribution < 1.29 is 5.11 Å². The van der Waals surface area contributed by atoms with Gasteiger partial charge in [0.15, 0.2) is 0 Å². The minimum Gasteiger partial charge on any atom is -0.506 e. The Kier molecular flexibility index (Phi) is 2.95. The zero-order chi connectivity index (χ0) is 16.0. The first-order valence-corrected chi connectivity index (χ1v) is 7.88. The smallest absolute Gasteiger partial charge is 0.139 e. The molecule has 0 aliphatic carbocycles. The normalized spacial score (nSPS) is 15.0. The van der Waals surface area contributed by atoms with Crippen molar-refractivity contribution in [3.05, 3.63) is 83.9 Å². The molecule has 3 aromatic carbocycles. The first kappa shape index (κ1) is 13.9. The minimum atomic E-state index is -0.0753.